The zero-order valence-corrected chi connectivity index (χ0v) is 21.3. The Morgan fingerprint density at radius 1 is 0.917 bits per heavy atom. The monoisotopic (exact) mass is 501 g/mol. The molecule has 6 nitrogen and oxygen atoms in total. The van der Waals surface area contributed by atoms with Crippen LogP contribution < -0.4 is 9.64 Å². The molecule has 7 heteroatoms. The minimum absolute atomic E-state index is 0.00148. The molecule has 3 aromatic rings. The smallest absolute Gasteiger partial charge is 0.253 e. The van der Waals surface area contributed by atoms with Crippen molar-refractivity contribution in [2.24, 2.45) is 0 Å². The third kappa shape index (κ3) is 5.36. The number of ether oxygens (including phenoxy) is 1. The van der Waals surface area contributed by atoms with Crippen LogP contribution in [0.15, 0.2) is 78.9 Å². The maximum absolute atomic E-state index is 13.2. The minimum Gasteiger partial charge on any atom is -0.497 e. The van der Waals surface area contributed by atoms with Crippen LogP contribution in [0.2, 0.25) is 0 Å². The first-order chi connectivity index (χ1) is 17.6. The van der Waals surface area contributed by atoms with E-state index in [4.69, 9.17) is 4.74 Å². The van der Waals surface area contributed by atoms with Gasteiger partial charge in [-0.1, -0.05) is 42.5 Å². The molecule has 0 aliphatic carbocycles. The Balaban J connectivity index is 1.18. The van der Waals surface area contributed by atoms with E-state index < -0.39 is 0 Å². The molecule has 3 aromatic carbocycles. The molecule has 0 N–H and O–H groups in total. The van der Waals surface area contributed by atoms with Crippen LogP contribution in [0, 0.1) is 0 Å². The predicted octanol–water partition coefficient (Wildman–Crippen LogP) is 4.47. The second-order valence-corrected chi connectivity index (χ2v) is 10.2. The van der Waals surface area contributed by atoms with Crippen molar-refractivity contribution in [1.82, 2.24) is 9.80 Å². The highest BCUT2D eigenvalue weighted by molar-refractivity contribution is 8.00. The van der Waals surface area contributed by atoms with Crippen molar-refractivity contribution in [2.75, 3.05) is 50.5 Å². The van der Waals surface area contributed by atoms with E-state index in [0.717, 1.165) is 36.5 Å². The number of benzene rings is 3. The first kappa shape index (κ1) is 24.3. The van der Waals surface area contributed by atoms with Crippen molar-refractivity contribution < 1.29 is 14.3 Å². The van der Waals surface area contributed by atoms with Gasteiger partial charge in [0.05, 0.1) is 12.9 Å². The average molecular weight is 502 g/mol. The Hall–Kier alpha value is -3.45. The highest BCUT2D eigenvalue weighted by Gasteiger charge is 2.32. The third-order valence-corrected chi connectivity index (χ3v) is 8.16. The van der Waals surface area contributed by atoms with Crippen LogP contribution in [0.4, 0.5) is 5.69 Å². The summed E-state index contributed by atoms with van der Waals surface area (Å²) in [6.45, 7) is 3.67. The van der Waals surface area contributed by atoms with E-state index in [1.165, 1.54) is 5.56 Å². The number of carbonyl (C=O) groups excluding carboxylic acids is 2. The van der Waals surface area contributed by atoms with E-state index in [2.05, 4.69) is 29.2 Å². The summed E-state index contributed by atoms with van der Waals surface area (Å²) < 4.78 is 5.24. The topological polar surface area (TPSA) is 53.1 Å². The average Bonchev–Trinajstić information content (AvgIpc) is 3.32. The van der Waals surface area contributed by atoms with Crippen molar-refractivity contribution in [2.45, 2.75) is 11.8 Å². The SMILES string of the molecule is COc1ccc(N2CCN(C(=O)c3ccc([C@@H]4SCC(=O)N4CCc4ccccc4)cc3)CC2)cc1. The van der Waals surface area contributed by atoms with Crippen molar-refractivity contribution >= 4 is 29.3 Å². The van der Waals surface area contributed by atoms with E-state index >= 15 is 0 Å². The van der Waals surface area contributed by atoms with Gasteiger partial charge in [0, 0.05) is 44.0 Å². The summed E-state index contributed by atoms with van der Waals surface area (Å²) in [5, 5.41) is -0.00148. The number of rotatable bonds is 7. The van der Waals surface area contributed by atoms with E-state index in [1.54, 1.807) is 18.9 Å². The van der Waals surface area contributed by atoms with Crippen molar-refractivity contribution in [3.8, 4) is 5.75 Å². The maximum atomic E-state index is 13.2. The van der Waals surface area contributed by atoms with Gasteiger partial charge < -0.3 is 19.4 Å². The van der Waals surface area contributed by atoms with Crippen LogP contribution in [0.3, 0.4) is 0 Å². The zero-order chi connectivity index (χ0) is 24.9. The molecule has 0 radical (unpaired) electrons. The van der Waals surface area contributed by atoms with E-state index in [9.17, 15) is 9.59 Å². The quantitative estimate of drug-likeness (QED) is 0.478. The van der Waals surface area contributed by atoms with Gasteiger partial charge in [0.2, 0.25) is 5.91 Å². The highest BCUT2D eigenvalue weighted by Crippen LogP contribution is 2.38. The molecule has 186 valence electrons. The number of methoxy groups -OCH3 is 1. The van der Waals surface area contributed by atoms with Crippen molar-refractivity contribution in [3.63, 3.8) is 0 Å². The number of hydrogen-bond acceptors (Lipinski definition) is 5. The molecule has 2 aliphatic rings. The number of nitrogens with zero attached hydrogens (tertiary/aromatic N) is 3. The lowest BCUT2D eigenvalue weighted by atomic mass is 10.1. The lowest BCUT2D eigenvalue weighted by Crippen LogP contribution is -2.48. The van der Waals surface area contributed by atoms with Gasteiger partial charge in [0.1, 0.15) is 11.1 Å². The lowest BCUT2D eigenvalue weighted by Gasteiger charge is -2.36. The molecular weight excluding hydrogens is 470 g/mol. The molecule has 2 heterocycles. The minimum atomic E-state index is -0.00148. The lowest BCUT2D eigenvalue weighted by molar-refractivity contribution is -0.128. The molecule has 0 aromatic heterocycles. The Bertz CT molecular complexity index is 1180. The fourth-order valence-corrected chi connectivity index (χ4v) is 6.02. The molecule has 36 heavy (non-hydrogen) atoms. The second-order valence-electron chi connectivity index (χ2n) is 9.09. The molecular formula is C29H31N3O3S. The summed E-state index contributed by atoms with van der Waals surface area (Å²) in [5.74, 6) is 1.58. The number of anilines is 1. The predicted molar refractivity (Wildman–Crippen MR) is 145 cm³/mol. The molecule has 2 amide bonds. The van der Waals surface area contributed by atoms with Gasteiger partial charge in [0.15, 0.2) is 0 Å². The normalized spacial score (nSPS) is 18.0. The molecule has 1 atom stereocenters. The van der Waals surface area contributed by atoms with Crippen LogP contribution >= 0.6 is 11.8 Å². The molecule has 5 rings (SSSR count). The zero-order valence-electron chi connectivity index (χ0n) is 20.5. The van der Waals surface area contributed by atoms with Gasteiger partial charge in [-0.2, -0.15) is 0 Å². The summed E-state index contributed by atoms with van der Waals surface area (Å²) in [5.41, 5.74) is 4.14. The molecule has 0 saturated carbocycles. The molecule has 2 aliphatic heterocycles. The van der Waals surface area contributed by atoms with E-state index in [-0.39, 0.29) is 17.2 Å². The van der Waals surface area contributed by atoms with E-state index in [1.807, 2.05) is 64.4 Å². The Morgan fingerprint density at radius 2 is 1.61 bits per heavy atom. The van der Waals surface area contributed by atoms with Crippen LogP contribution in [0.1, 0.15) is 26.9 Å². The Labute approximate surface area is 216 Å². The molecule has 2 fully saturated rings. The van der Waals surface area contributed by atoms with Crippen molar-refractivity contribution in [1.29, 1.82) is 0 Å². The number of thioether (sulfide) groups is 1. The molecule has 0 unspecified atom stereocenters. The van der Waals surface area contributed by atoms with Gasteiger partial charge in [-0.05, 0) is 53.9 Å². The van der Waals surface area contributed by atoms with Crippen LogP contribution in [0.25, 0.3) is 0 Å². The van der Waals surface area contributed by atoms with Gasteiger partial charge in [-0.25, -0.2) is 0 Å². The fourth-order valence-electron chi connectivity index (χ4n) is 4.80. The number of carbonyl (C=O) groups is 2. The van der Waals surface area contributed by atoms with Gasteiger partial charge >= 0.3 is 0 Å². The highest BCUT2D eigenvalue weighted by atomic mass is 32.2. The summed E-state index contributed by atoms with van der Waals surface area (Å²) in [6.07, 6.45) is 0.836. The largest absolute Gasteiger partial charge is 0.497 e. The van der Waals surface area contributed by atoms with Gasteiger partial charge in [0.25, 0.3) is 5.91 Å². The fraction of sp³-hybridized carbons (Fsp3) is 0.310. The first-order valence-corrected chi connectivity index (χ1v) is 13.4. The van der Waals surface area contributed by atoms with Gasteiger partial charge in [-0.15, -0.1) is 11.8 Å². The van der Waals surface area contributed by atoms with Crippen LogP contribution in [0.5, 0.6) is 5.75 Å². The number of hydrogen-bond donors (Lipinski definition) is 0. The third-order valence-electron chi connectivity index (χ3n) is 6.90. The standard InChI is InChI=1S/C29H31N3O3S/c1-35-26-13-11-25(12-14-26)30-17-19-31(20-18-30)28(34)23-7-9-24(10-8-23)29-32(27(33)21-36-29)16-15-22-5-3-2-4-6-22/h2-14,29H,15-21H2,1H3/t29-/m0/s1. The summed E-state index contributed by atoms with van der Waals surface area (Å²) >= 11 is 1.66. The molecule has 2 saturated heterocycles. The number of amides is 2. The van der Waals surface area contributed by atoms with E-state index in [0.29, 0.717) is 31.0 Å². The summed E-state index contributed by atoms with van der Waals surface area (Å²) in [7, 11) is 1.67. The van der Waals surface area contributed by atoms with Gasteiger partial charge in [-0.3, -0.25) is 9.59 Å². The molecule has 0 bridgehead atoms. The summed E-state index contributed by atoms with van der Waals surface area (Å²) in [4.78, 5) is 31.9. The van der Waals surface area contributed by atoms with Crippen LogP contribution in [-0.4, -0.2) is 67.2 Å². The Kier molecular flexibility index (Phi) is 7.47. The molecule has 0 spiro atoms. The Morgan fingerprint density at radius 3 is 2.28 bits per heavy atom. The second kappa shape index (κ2) is 11.1. The van der Waals surface area contributed by atoms with Crippen LogP contribution in [-0.2, 0) is 11.2 Å². The summed E-state index contributed by atoms with van der Waals surface area (Å²) in [6, 6.07) is 26.1. The maximum Gasteiger partial charge on any atom is 0.253 e. The number of piperazine rings is 1. The first-order valence-electron chi connectivity index (χ1n) is 12.4. The van der Waals surface area contributed by atoms with Crippen molar-refractivity contribution in [3.05, 3.63) is 95.6 Å².